The number of carbonyl (C=O) groups excluding carboxylic acids is 3. The fourth-order valence-corrected chi connectivity index (χ4v) is 2.26. The lowest BCUT2D eigenvalue weighted by Crippen LogP contribution is -2.31. The van der Waals surface area contributed by atoms with Crippen molar-refractivity contribution in [3.05, 3.63) is 70.3 Å². The van der Waals surface area contributed by atoms with E-state index in [1.165, 1.54) is 0 Å². The molecule has 0 spiro atoms. The molecule has 0 fully saturated rings. The van der Waals surface area contributed by atoms with Crippen LogP contribution in [0.5, 0.6) is 0 Å². The number of Topliss-reactive ketones (excluding diaryl/α,β-unsaturated/α-hetero) is 1. The van der Waals surface area contributed by atoms with E-state index in [0.29, 0.717) is 5.56 Å². The van der Waals surface area contributed by atoms with Crippen LogP contribution in [0.25, 0.3) is 0 Å². The van der Waals surface area contributed by atoms with Crippen LogP contribution in [0.3, 0.4) is 0 Å². The van der Waals surface area contributed by atoms with E-state index in [-0.39, 0.29) is 11.3 Å². The number of carbonyl (C=O) groups is 3. The Kier molecular flexibility index (Phi) is 6.56. The molecular formula is C20H18F3NO4. The predicted molar refractivity (Wildman–Crippen MR) is 95.0 cm³/mol. The maximum absolute atomic E-state index is 12.5. The largest absolute Gasteiger partial charge is 0.456 e. The molecule has 148 valence electrons. The van der Waals surface area contributed by atoms with Crippen molar-refractivity contribution in [1.82, 2.24) is 5.32 Å². The zero-order valence-electron chi connectivity index (χ0n) is 15.2. The van der Waals surface area contributed by atoms with Crippen LogP contribution in [0.1, 0.15) is 37.4 Å². The first-order valence-electron chi connectivity index (χ1n) is 8.29. The average Bonchev–Trinajstić information content (AvgIpc) is 2.65. The van der Waals surface area contributed by atoms with Gasteiger partial charge in [0.05, 0.1) is 5.56 Å². The molecule has 0 saturated carbocycles. The van der Waals surface area contributed by atoms with Crippen LogP contribution >= 0.6 is 0 Å². The molecule has 0 aliphatic rings. The number of rotatable bonds is 6. The number of ketones is 1. The summed E-state index contributed by atoms with van der Waals surface area (Å²) in [6.07, 6.45) is -4.50. The van der Waals surface area contributed by atoms with E-state index in [1.54, 1.807) is 18.2 Å². The summed E-state index contributed by atoms with van der Waals surface area (Å²) >= 11 is 0. The first kappa shape index (κ1) is 21.1. The molecule has 2 rings (SSSR count). The molecule has 0 aromatic heterocycles. The molecule has 1 amide bonds. The number of ether oxygens (including phenoxy) is 1. The van der Waals surface area contributed by atoms with Gasteiger partial charge < -0.3 is 10.1 Å². The smallest absolute Gasteiger partial charge is 0.416 e. The Morgan fingerprint density at radius 3 is 2.11 bits per heavy atom. The quantitative estimate of drug-likeness (QED) is 0.603. The highest BCUT2D eigenvalue weighted by atomic mass is 19.4. The lowest BCUT2D eigenvalue weighted by molar-refractivity contribution is -0.141. The first-order valence-corrected chi connectivity index (χ1v) is 8.29. The van der Waals surface area contributed by atoms with Gasteiger partial charge in [-0.25, -0.2) is 0 Å². The van der Waals surface area contributed by atoms with Crippen LogP contribution in [0, 0.1) is 13.8 Å². The minimum absolute atomic E-state index is 0.0352. The van der Waals surface area contributed by atoms with E-state index in [4.69, 9.17) is 4.74 Å². The minimum atomic E-state index is -4.50. The van der Waals surface area contributed by atoms with Gasteiger partial charge in [0, 0.05) is 11.1 Å². The molecule has 2 aromatic carbocycles. The molecule has 28 heavy (non-hydrogen) atoms. The van der Waals surface area contributed by atoms with Crippen LogP contribution < -0.4 is 5.32 Å². The van der Waals surface area contributed by atoms with Crippen molar-refractivity contribution in [1.29, 1.82) is 0 Å². The van der Waals surface area contributed by atoms with E-state index >= 15 is 0 Å². The molecule has 0 aliphatic heterocycles. The molecule has 0 saturated heterocycles. The molecule has 1 N–H and O–H groups in total. The van der Waals surface area contributed by atoms with Crippen molar-refractivity contribution in [3.63, 3.8) is 0 Å². The van der Waals surface area contributed by atoms with Crippen LogP contribution in [-0.2, 0) is 15.7 Å². The van der Waals surface area contributed by atoms with Crippen molar-refractivity contribution in [3.8, 4) is 0 Å². The number of aryl methyl sites for hydroxylation is 2. The monoisotopic (exact) mass is 393 g/mol. The number of benzene rings is 2. The molecule has 2 aromatic rings. The predicted octanol–water partition coefficient (Wildman–Crippen LogP) is 3.48. The Morgan fingerprint density at radius 2 is 1.54 bits per heavy atom. The van der Waals surface area contributed by atoms with E-state index in [1.807, 2.05) is 13.8 Å². The van der Waals surface area contributed by atoms with E-state index in [9.17, 15) is 27.6 Å². The zero-order valence-corrected chi connectivity index (χ0v) is 15.2. The first-order chi connectivity index (χ1) is 13.1. The number of hydrogen-bond donors (Lipinski definition) is 1. The average molecular weight is 393 g/mol. The van der Waals surface area contributed by atoms with E-state index < -0.39 is 36.8 Å². The second kappa shape index (κ2) is 8.69. The Balaban J connectivity index is 1.82. The summed E-state index contributed by atoms with van der Waals surface area (Å²) in [6.45, 7) is 2.77. The fourth-order valence-electron chi connectivity index (χ4n) is 2.26. The highest BCUT2D eigenvalue weighted by molar-refractivity contribution is 5.99. The fraction of sp³-hybridized carbons (Fsp3) is 0.250. The van der Waals surface area contributed by atoms with Gasteiger partial charge in [-0.15, -0.1) is 0 Å². The van der Waals surface area contributed by atoms with Crippen molar-refractivity contribution < 1.29 is 32.3 Å². The number of alkyl halides is 3. The highest BCUT2D eigenvalue weighted by Gasteiger charge is 2.30. The van der Waals surface area contributed by atoms with Gasteiger partial charge in [0.2, 0.25) is 0 Å². The highest BCUT2D eigenvalue weighted by Crippen LogP contribution is 2.29. The van der Waals surface area contributed by atoms with Crippen LogP contribution in [0.2, 0.25) is 0 Å². The molecule has 0 aliphatic carbocycles. The van der Waals surface area contributed by atoms with Crippen LogP contribution in [0.4, 0.5) is 13.2 Å². The third kappa shape index (κ3) is 5.67. The Labute approximate surface area is 159 Å². The normalized spacial score (nSPS) is 11.0. The van der Waals surface area contributed by atoms with Gasteiger partial charge in [-0.2, -0.15) is 13.2 Å². The Hall–Kier alpha value is -3.16. The maximum atomic E-state index is 12.5. The molecule has 0 heterocycles. The number of nitrogens with one attached hydrogen (secondary N) is 1. The molecule has 5 nitrogen and oxygen atoms in total. The van der Waals surface area contributed by atoms with Crippen molar-refractivity contribution in [2.75, 3.05) is 13.2 Å². The third-order valence-electron chi connectivity index (χ3n) is 4.06. The van der Waals surface area contributed by atoms with E-state index in [0.717, 1.165) is 35.4 Å². The number of hydrogen-bond acceptors (Lipinski definition) is 4. The van der Waals surface area contributed by atoms with Gasteiger partial charge in [-0.3, -0.25) is 14.4 Å². The summed E-state index contributed by atoms with van der Waals surface area (Å²) in [5.74, 6) is -1.95. The lowest BCUT2D eigenvalue weighted by Gasteiger charge is -2.09. The summed E-state index contributed by atoms with van der Waals surface area (Å²) in [5, 5.41) is 2.23. The Morgan fingerprint density at radius 1 is 0.929 bits per heavy atom. The third-order valence-corrected chi connectivity index (χ3v) is 4.06. The number of amides is 1. The topological polar surface area (TPSA) is 72.5 Å². The second-order valence-electron chi connectivity index (χ2n) is 6.14. The van der Waals surface area contributed by atoms with Gasteiger partial charge in [-0.1, -0.05) is 12.1 Å². The zero-order chi connectivity index (χ0) is 20.9. The van der Waals surface area contributed by atoms with Crippen LogP contribution in [0.15, 0.2) is 42.5 Å². The Bertz CT molecular complexity index is 889. The maximum Gasteiger partial charge on any atom is 0.416 e. The molecule has 0 radical (unpaired) electrons. The molecule has 8 heteroatoms. The number of esters is 1. The SMILES string of the molecule is Cc1ccc(C(=O)COC(=O)CNC(=O)c2ccc(C(F)(F)F)cc2)cc1C. The van der Waals surface area contributed by atoms with Crippen LogP contribution in [-0.4, -0.2) is 30.8 Å². The van der Waals surface area contributed by atoms with Gasteiger partial charge in [-0.05, 0) is 55.3 Å². The van der Waals surface area contributed by atoms with Gasteiger partial charge in [0.25, 0.3) is 5.91 Å². The van der Waals surface area contributed by atoms with Crippen molar-refractivity contribution in [2.24, 2.45) is 0 Å². The number of halogens is 3. The van der Waals surface area contributed by atoms with Crippen molar-refractivity contribution in [2.45, 2.75) is 20.0 Å². The summed E-state index contributed by atoms with van der Waals surface area (Å²) in [5.41, 5.74) is 1.45. The summed E-state index contributed by atoms with van der Waals surface area (Å²) < 4.78 is 42.3. The van der Waals surface area contributed by atoms with Gasteiger partial charge in [0.1, 0.15) is 6.54 Å². The standard InChI is InChI=1S/C20H18F3NO4/c1-12-3-4-15(9-13(12)2)17(25)11-28-18(26)10-24-19(27)14-5-7-16(8-6-14)20(21,22)23/h3-9H,10-11H2,1-2H3,(H,24,27). The molecule has 0 bridgehead atoms. The van der Waals surface area contributed by atoms with E-state index in [2.05, 4.69) is 5.32 Å². The van der Waals surface area contributed by atoms with Gasteiger partial charge in [0.15, 0.2) is 12.4 Å². The summed E-state index contributed by atoms with van der Waals surface area (Å²) in [7, 11) is 0. The molecular weight excluding hydrogens is 375 g/mol. The van der Waals surface area contributed by atoms with Crippen molar-refractivity contribution >= 4 is 17.7 Å². The molecule has 0 atom stereocenters. The molecule has 0 unspecified atom stereocenters. The second-order valence-corrected chi connectivity index (χ2v) is 6.14. The summed E-state index contributed by atoms with van der Waals surface area (Å²) in [4.78, 5) is 35.6. The lowest BCUT2D eigenvalue weighted by atomic mass is 10.0. The summed E-state index contributed by atoms with van der Waals surface area (Å²) in [6, 6.07) is 8.67. The van der Waals surface area contributed by atoms with Gasteiger partial charge >= 0.3 is 12.1 Å². The minimum Gasteiger partial charge on any atom is -0.456 e.